The van der Waals surface area contributed by atoms with Gasteiger partial charge in [0.15, 0.2) is 11.5 Å². The summed E-state index contributed by atoms with van der Waals surface area (Å²) >= 11 is 0. The fourth-order valence-corrected chi connectivity index (χ4v) is 4.39. The highest BCUT2D eigenvalue weighted by molar-refractivity contribution is 5.94. The quantitative estimate of drug-likeness (QED) is 0.588. The highest BCUT2D eigenvalue weighted by atomic mass is 19.4. The number of nitrogens with one attached hydrogen (secondary N) is 1. The second-order valence-corrected chi connectivity index (χ2v) is 8.43. The van der Waals surface area contributed by atoms with E-state index in [0.29, 0.717) is 24.9 Å². The maximum atomic E-state index is 13.8. The van der Waals surface area contributed by atoms with Crippen LogP contribution in [-0.2, 0) is 11.0 Å². The molecule has 1 aliphatic rings. The van der Waals surface area contributed by atoms with Gasteiger partial charge in [0.2, 0.25) is 5.91 Å². The number of carbonyl (C=O) groups excluding carboxylic acids is 1. The van der Waals surface area contributed by atoms with E-state index in [1.54, 1.807) is 23.1 Å². The van der Waals surface area contributed by atoms with Gasteiger partial charge in [-0.2, -0.15) is 13.2 Å². The molecule has 168 valence electrons. The van der Waals surface area contributed by atoms with Crippen LogP contribution in [0.4, 0.5) is 24.7 Å². The van der Waals surface area contributed by atoms with Crippen LogP contribution >= 0.6 is 0 Å². The number of aryl methyl sites for hydroxylation is 3. The number of aromatic nitrogens is 2. The summed E-state index contributed by atoms with van der Waals surface area (Å²) in [5.74, 6) is -0.846. The minimum absolute atomic E-state index is 0.159. The zero-order chi connectivity index (χ0) is 23.0. The number of hydrogen-bond donors (Lipinski definition) is 1. The van der Waals surface area contributed by atoms with Crippen LogP contribution in [-0.4, -0.2) is 29.0 Å². The fraction of sp³-hybridized carbons (Fsp3) is 0.375. The highest BCUT2D eigenvalue weighted by Crippen LogP contribution is 2.37. The highest BCUT2D eigenvalue weighted by Gasteiger charge is 2.40. The Morgan fingerprint density at radius 2 is 1.69 bits per heavy atom. The van der Waals surface area contributed by atoms with Gasteiger partial charge in [-0.3, -0.25) is 4.79 Å². The second-order valence-electron chi connectivity index (χ2n) is 8.43. The van der Waals surface area contributed by atoms with Crippen molar-refractivity contribution in [3.8, 4) is 0 Å². The zero-order valence-corrected chi connectivity index (χ0v) is 18.3. The number of alkyl halides is 3. The molecule has 2 aromatic carbocycles. The van der Waals surface area contributed by atoms with Gasteiger partial charge in [0.25, 0.3) is 0 Å². The number of fused-ring (bicyclic) bond motifs is 1. The van der Waals surface area contributed by atoms with E-state index >= 15 is 0 Å². The topological polar surface area (TPSA) is 58.1 Å². The van der Waals surface area contributed by atoms with Crippen LogP contribution in [0.5, 0.6) is 0 Å². The smallest absolute Gasteiger partial charge is 0.354 e. The SMILES string of the molecule is Cc1cc(C)c(NC(=O)C2CCCN(c3nc4ccccc4nc3C(F)(F)F)C2)c(C)c1. The van der Waals surface area contributed by atoms with E-state index < -0.39 is 17.8 Å². The molecule has 5 nitrogen and oxygen atoms in total. The normalized spacial score (nSPS) is 16.9. The second kappa shape index (κ2) is 8.41. The van der Waals surface area contributed by atoms with E-state index in [2.05, 4.69) is 15.3 Å². The lowest BCUT2D eigenvalue weighted by Gasteiger charge is -2.34. The Balaban J connectivity index is 1.62. The summed E-state index contributed by atoms with van der Waals surface area (Å²) < 4.78 is 41.4. The van der Waals surface area contributed by atoms with Gasteiger partial charge < -0.3 is 10.2 Å². The predicted octanol–water partition coefficient (Wildman–Crippen LogP) is 5.43. The van der Waals surface area contributed by atoms with Gasteiger partial charge in [-0.25, -0.2) is 9.97 Å². The lowest BCUT2D eigenvalue weighted by atomic mass is 9.96. The molecule has 3 aromatic rings. The molecule has 4 rings (SSSR count). The fourth-order valence-electron chi connectivity index (χ4n) is 4.39. The molecule has 32 heavy (non-hydrogen) atoms. The first-order valence-electron chi connectivity index (χ1n) is 10.6. The van der Waals surface area contributed by atoms with Crippen molar-refractivity contribution in [3.63, 3.8) is 0 Å². The molecule has 1 fully saturated rings. The molecule has 1 amide bonds. The third-order valence-electron chi connectivity index (χ3n) is 5.84. The molecule has 1 saturated heterocycles. The first-order chi connectivity index (χ1) is 15.1. The maximum Gasteiger partial charge on any atom is 0.437 e. The third-order valence-corrected chi connectivity index (χ3v) is 5.84. The lowest BCUT2D eigenvalue weighted by Crippen LogP contribution is -2.42. The number of benzene rings is 2. The molecule has 0 radical (unpaired) electrons. The van der Waals surface area contributed by atoms with Crippen molar-refractivity contribution in [2.45, 2.75) is 39.8 Å². The molecule has 1 aliphatic heterocycles. The maximum absolute atomic E-state index is 13.8. The average molecular weight is 442 g/mol. The van der Waals surface area contributed by atoms with E-state index in [1.807, 2.05) is 32.9 Å². The van der Waals surface area contributed by atoms with Crippen molar-refractivity contribution in [1.29, 1.82) is 0 Å². The summed E-state index contributed by atoms with van der Waals surface area (Å²) in [5, 5.41) is 3.00. The molecule has 8 heteroatoms. The molecule has 1 N–H and O–H groups in total. The van der Waals surface area contributed by atoms with E-state index in [1.165, 1.54) is 6.07 Å². The summed E-state index contributed by atoms with van der Waals surface area (Å²) in [4.78, 5) is 22.7. The summed E-state index contributed by atoms with van der Waals surface area (Å²) in [7, 11) is 0. The molecule has 1 aromatic heterocycles. The molecule has 1 unspecified atom stereocenters. The number of para-hydroxylation sites is 2. The van der Waals surface area contributed by atoms with Gasteiger partial charge in [0.05, 0.1) is 17.0 Å². The van der Waals surface area contributed by atoms with E-state index in [9.17, 15) is 18.0 Å². The van der Waals surface area contributed by atoms with Crippen molar-refractivity contribution < 1.29 is 18.0 Å². The van der Waals surface area contributed by atoms with Crippen LogP contribution < -0.4 is 10.2 Å². The van der Waals surface area contributed by atoms with E-state index in [0.717, 1.165) is 22.4 Å². The van der Waals surface area contributed by atoms with Crippen molar-refractivity contribution in [1.82, 2.24) is 9.97 Å². The number of carbonyl (C=O) groups is 1. The minimum Gasteiger partial charge on any atom is -0.354 e. The Morgan fingerprint density at radius 3 is 2.31 bits per heavy atom. The predicted molar refractivity (Wildman–Crippen MR) is 119 cm³/mol. The summed E-state index contributed by atoms with van der Waals surface area (Å²) in [6.45, 7) is 6.41. The van der Waals surface area contributed by atoms with E-state index in [4.69, 9.17) is 0 Å². The first-order valence-corrected chi connectivity index (χ1v) is 10.6. The number of nitrogens with zero attached hydrogens (tertiary/aromatic N) is 3. The molecular formula is C24H25F3N4O. The van der Waals surface area contributed by atoms with Crippen LogP contribution in [0.2, 0.25) is 0 Å². The Bertz CT molecular complexity index is 1150. The summed E-state index contributed by atoms with van der Waals surface area (Å²) in [5.41, 5.74) is 3.37. The molecule has 2 heterocycles. The van der Waals surface area contributed by atoms with Gasteiger partial charge in [-0.05, 0) is 56.9 Å². The average Bonchev–Trinajstić information content (AvgIpc) is 2.74. The van der Waals surface area contributed by atoms with Crippen LogP contribution in [0.25, 0.3) is 11.0 Å². The summed E-state index contributed by atoms with van der Waals surface area (Å²) in [6, 6.07) is 10.5. The lowest BCUT2D eigenvalue weighted by molar-refractivity contribution is -0.140. The molecular weight excluding hydrogens is 417 g/mol. The monoisotopic (exact) mass is 442 g/mol. The Labute approximate surface area is 184 Å². The van der Waals surface area contributed by atoms with Crippen LogP contribution in [0.3, 0.4) is 0 Å². The number of anilines is 2. The van der Waals surface area contributed by atoms with Gasteiger partial charge in [-0.1, -0.05) is 29.8 Å². The Kier molecular flexibility index (Phi) is 5.79. The molecule has 0 aliphatic carbocycles. The Hall–Kier alpha value is -3.16. The number of piperidine rings is 1. The van der Waals surface area contributed by atoms with Crippen LogP contribution in [0.15, 0.2) is 36.4 Å². The van der Waals surface area contributed by atoms with Gasteiger partial charge in [0, 0.05) is 18.8 Å². The van der Waals surface area contributed by atoms with Crippen LogP contribution in [0, 0.1) is 26.7 Å². The molecule has 0 spiro atoms. The van der Waals surface area contributed by atoms with Crippen molar-refractivity contribution in [2.75, 3.05) is 23.3 Å². The minimum atomic E-state index is -4.64. The number of rotatable bonds is 3. The molecule has 0 saturated carbocycles. The Morgan fingerprint density at radius 1 is 1.06 bits per heavy atom. The molecule has 1 atom stereocenters. The van der Waals surface area contributed by atoms with Crippen molar-refractivity contribution in [3.05, 3.63) is 58.8 Å². The number of amides is 1. The largest absolute Gasteiger partial charge is 0.437 e. The van der Waals surface area contributed by atoms with Crippen molar-refractivity contribution >= 4 is 28.4 Å². The first kappa shape index (κ1) is 22.0. The standard InChI is InChI=1S/C24H25F3N4O/c1-14-11-15(2)20(16(3)12-14)30-23(32)17-7-6-10-31(13-17)22-21(24(25,26)27)28-18-8-4-5-9-19(18)29-22/h4-5,8-9,11-12,17H,6-7,10,13H2,1-3H3,(H,30,32). The third kappa shape index (κ3) is 4.40. The van der Waals surface area contributed by atoms with Gasteiger partial charge in [0.1, 0.15) is 0 Å². The van der Waals surface area contributed by atoms with Gasteiger partial charge >= 0.3 is 6.18 Å². The number of halogens is 3. The molecule has 0 bridgehead atoms. The summed E-state index contributed by atoms with van der Waals surface area (Å²) in [6.07, 6.45) is -3.44. The van der Waals surface area contributed by atoms with E-state index in [-0.39, 0.29) is 23.8 Å². The number of hydrogen-bond acceptors (Lipinski definition) is 4. The van der Waals surface area contributed by atoms with Crippen LogP contribution in [0.1, 0.15) is 35.2 Å². The van der Waals surface area contributed by atoms with Gasteiger partial charge in [-0.15, -0.1) is 0 Å². The zero-order valence-electron chi connectivity index (χ0n) is 18.3. The van der Waals surface area contributed by atoms with Crippen molar-refractivity contribution in [2.24, 2.45) is 5.92 Å².